The molecule has 0 N–H and O–H groups in total. The van der Waals surface area contributed by atoms with Gasteiger partial charge < -0.3 is 0 Å². The normalized spacial score (nSPS) is 11.4. The highest BCUT2D eigenvalue weighted by Crippen LogP contribution is 2.26. The van der Waals surface area contributed by atoms with Gasteiger partial charge in [0.2, 0.25) is 0 Å². The summed E-state index contributed by atoms with van der Waals surface area (Å²) in [6.45, 7) is 0. The Balaban J connectivity index is 1.96. The Bertz CT molecular complexity index is 741. The first-order valence-electron chi connectivity index (χ1n) is 7.36. The highest BCUT2D eigenvalue weighted by Gasteiger charge is 2.05. The molecule has 0 fully saturated rings. The third-order valence-corrected chi connectivity index (χ3v) is 3.82. The quantitative estimate of drug-likeness (QED) is 0.517. The van der Waals surface area contributed by atoms with Gasteiger partial charge in [0.1, 0.15) is 0 Å². The Morgan fingerprint density at radius 2 is 1.14 bits per heavy atom. The maximum Gasteiger partial charge on any atom is 0.0413 e. The van der Waals surface area contributed by atoms with E-state index in [1.54, 1.807) is 0 Å². The summed E-state index contributed by atoms with van der Waals surface area (Å²) in [6.07, 6.45) is 2.06. The summed E-state index contributed by atoms with van der Waals surface area (Å²) in [6, 6.07) is 29.4. The molecular formula is C21H17Cl. The minimum atomic E-state index is 0.505. The zero-order valence-electron chi connectivity index (χ0n) is 12.2. The maximum absolute atomic E-state index is 5.95. The zero-order valence-corrected chi connectivity index (χ0v) is 13.0. The molecule has 0 saturated carbocycles. The molecule has 0 aliphatic heterocycles. The largest absolute Gasteiger partial charge is 0.122 e. The standard InChI is InChI=1S/C21H17Cl/c22-16-15-21(19-9-5-2-6-10-19)20-13-11-18(12-14-20)17-7-3-1-4-8-17/h1-15H,16H2/b21-15-. The average molecular weight is 305 g/mol. The molecule has 0 aliphatic carbocycles. The van der Waals surface area contributed by atoms with Crippen molar-refractivity contribution in [3.63, 3.8) is 0 Å². The van der Waals surface area contributed by atoms with E-state index in [0.29, 0.717) is 5.88 Å². The lowest BCUT2D eigenvalue weighted by Crippen LogP contribution is -1.89. The van der Waals surface area contributed by atoms with Gasteiger partial charge >= 0.3 is 0 Å². The molecule has 3 aromatic rings. The van der Waals surface area contributed by atoms with Crippen LogP contribution in [0.4, 0.5) is 0 Å². The van der Waals surface area contributed by atoms with Crippen LogP contribution in [0.15, 0.2) is 91.0 Å². The predicted molar refractivity (Wildman–Crippen MR) is 96.1 cm³/mol. The van der Waals surface area contributed by atoms with Gasteiger partial charge in [0, 0.05) is 5.88 Å². The molecule has 108 valence electrons. The van der Waals surface area contributed by atoms with E-state index >= 15 is 0 Å². The van der Waals surface area contributed by atoms with E-state index < -0.39 is 0 Å². The van der Waals surface area contributed by atoms with Gasteiger partial charge in [0.15, 0.2) is 0 Å². The summed E-state index contributed by atoms with van der Waals surface area (Å²) in [7, 11) is 0. The Morgan fingerprint density at radius 3 is 1.73 bits per heavy atom. The summed E-state index contributed by atoms with van der Waals surface area (Å²) in [4.78, 5) is 0. The van der Waals surface area contributed by atoms with Gasteiger partial charge in [-0.1, -0.05) is 91.0 Å². The minimum absolute atomic E-state index is 0.505. The van der Waals surface area contributed by atoms with E-state index in [4.69, 9.17) is 11.6 Å². The lowest BCUT2D eigenvalue weighted by atomic mass is 9.95. The summed E-state index contributed by atoms with van der Waals surface area (Å²) in [5, 5.41) is 0. The number of hydrogen-bond donors (Lipinski definition) is 0. The maximum atomic E-state index is 5.95. The van der Waals surface area contributed by atoms with E-state index in [1.165, 1.54) is 27.8 Å². The molecule has 3 rings (SSSR count). The minimum Gasteiger partial charge on any atom is -0.122 e. The van der Waals surface area contributed by atoms with E-state index in [2.05, 4.69) is 78.9 Å². The molecular weight excluding hydrogens is 288 g/mol. The van der Waals surface area contributed by atoms with Gasteiger partial charge in [-0.3, -0.25) is 0 Å². The lowest BCUT2D eigenvalue weighted by Gasteiger charge is -2.09. The van der Waals surface area contributed by atoms with Crippen LogP contribution in [0, 0.1) is 0 Å². The van der Waals surface area contributed by atoms with Crippen LogP contribution in [-0.2, 0) is 0 Å². The molecule has 0 bridgehead atoms. The fourth-order valence-electron chi connectivity index (χ4n) is 2.57. The molecule has 0 aromatic heterocycles. The highest BCUT2D eigenvalue weighted by molar-refractivity contribution is 6.19. The molecule has 3 aromatic carbocycles. The summed E-state index contributed by atoms with van der Waals surface area (Å²) in [5.41, 5.74) is 6.01. The van der Waals surface area contributed by atoms with Crippen LogP contribution in [0.25, 0.3) is 16.7 Å². The van der Waals surface area contributed by atoms with Crippen LogP contribution in [0.3, 0.4) is 0 Å². The van der Waals surface area contributed by atoms with Gasteiger partial charge in [0.25, 0.3) is 0 Å². The molecule has 1 heteroatoms. The molecule has 0 saturated heterocycles. The smallest absolute Gasteiger partial charge is 0.0413 e. The van der Waals surface area contributed by atoms with Gasteiger partial charge in [0.05, 0.1) is 0 Å². The van der Waals surface area contributed by atoms with E-state index in [1.807, 2.05) is 12.1 Å². The molecule has 0 unspecified atom stereocenters. The zero-order chi connectivity index (χ0) is 15.2. The van der Waals surface area contributed by atoms with Crippen LogP contribution in [-0.4, -0.2) is 5.88 Å². The van der Waals surface area contributed by atoms with Crippen LogP contribution in [0.5, 0.6) is 0 Å². The summed E-state index contributed by atoms with van der Waals surface area (Å²) >= 11 is 5.95. The third-order valence-electron chi connectivity index (χ3n) is 3.67. The second kappa shape index (κ2) is 7.11. The van der Waals surface area contributed by atoms with Crippen molar-refractivity contribution in [3.05, 3.63) is 102 Å². The first-order valence-corrected chi connectivity index (χ1v) is 7.89. The Kier molecular flexibility index (Phi) is 4.72. The number of hydrogen-bond acceptors (Lipinski definition) is 0. The van der Waals surface area contributed by atoms with Crippen molar-refractivity contribution >= 4 is 17.2 Å². The second-order valence-electron chi connectivity index (χ2n) is 5.08. The Labute approximate surface area is 136 Å². The van der Waals surface area contributed by atoms with Gasteiger partial charge in [-0.05, 0) is 27.8 Å². The number of rotatable bonds is 4. The monoisotopic (exact) mass is 304 g/mol. The first-order chi connectivity index (χ1) is 10.9. The van der Waals surface area contributed by atoms with Gasteiger partial charge in [-0.2, -0.15) is 0 Å². The Hall–Kier alpha value is -2.31. The fraction of sp³-hybridized carbons (Fsp3) is 0.0476. The molecule has 0 nitrogen and oxygen atoms in total. The van der Waals surface area contributed by atoms with Crippen molar-refractivity contribution < 1.29 is 0 Å². The molecule has 0 amide bonds. The molecule has 22 heavy (non-hydrogen) atoms. The van der Waals surface area contributed by atoms with Crippen LogP contribution in [0.1, 0.15) is 11.1 Å². The highest BCUT2D eigenvalue weighted by atomic mass is 35.5. The van der Waals surface area contributed by atoms with Crippen molar-refractivity contribution in [1.29, 1.82) is 0 Å². The fourth-order valence-corrected chi connectivity index (χ4v) is 2.72. The number of alkyl halides is 1. The molecule has 0 spiro atoms. The Morgan fingerprint density at radius 1 is 0.636 bits per heavy atom. The van der Waals surface area contributed by atoms with Gasteiger partial charge in [-0.15, -0.1) is 11.6 Å². The van der Waals surface area contributed by atoms with Crippen LogP contribution in [0.2, 0.25) is 0 Å². The molecule has 0 atom stereocenters. The van der Waals surface area contributed by atoms with Crippen molar-refractivity contribution in [2.75, 3.05) is 5.88 Å². The first kappa shape index (κ1) is 14.6. The topological polar surface area (TPSA) is 0 Å². The van der Waals surface area contributed by atoms with Gasteiger partial charge in [-0.25, -0.2) is 0 Å². The van der Waals surface area contributed by atoms with Crippen molar-refractivity contribution in [2.24, 2.45) is 0 Å². The van der Waals surface area contributed by atoms with Crippen LogP contribution < -0.4 is 0 Å². The SMILES string of the molecule is ClC/C=C(/c1ccccc1)c1ccc(-c2ccccc2)cc1. The summed E-state index contributed by atoms with van der Waals surface area (Å²) in [5.74, 6) is 0.505. The average Bonchev–Trinajstić information content (AvgIpc) is 2.61. The number of halogens is 1. The van der Waals surface area contributed by atoms with E-state index in [9.17, 15) is 0 Å². The van der Waals surface area contributed by atoms with Crippen molar-refractivity contribution in [2.45, 2.75) is 0 Å². The number of benzene rings is 3. The molecule has 0 heterocycles. The van der Waals surface area contributed by atoms with Crippen LogP contribution >= 0.6 is 11.6 Å². The van der Waals surface area contributed by atoms with E-state index in [-0.39, 0.29) is 0 Å². The molecule has 0 aliphatic rings. The molecule has 0 radical (unpaired) electrons. The predicted octanol–water partition coefficient (Wildman–Crippen LogP) is 6.02. The lowest BCUT2D eigenvalue weighted by molar-refractivity contribution is 1.52. The van der Waals surface area contributed by atoms with Crippen molar-refractivity contribution in [1.82, 2.24) is 0 Å². The number of allylic oxidation sites excluding steroid dienone is 1. The summed E-state index contributed by atoms with van der Waals surface area (Å²) < 4.78 is 0. The second-order valence-corrected chi connectivity index (χ2v) is 5.39. The third kappa shape index (κ3) is 3.29. The van der Waals surface area contributed by atoms with E-state index in [0.717, 1.165) is 0 Å². The van der Waals surface area contributed by atoms with Crippen molar-refractivity contribution in [3.8, 4) is 11.1 Å².